The van der Waals surface area contributed by atoms with E-state index in [4.69, 9.17) is 5.73 Å². The van der Waals surface area contributed by atoms with Crippen molar-refractivity contribution in [2.45, 2.75) is 26.2 Å². The lowest BCUT2D eigenvalue weighted by Crippen LogP contribution is -2.22. The summed E-state index contributed by atoms with van der Waals surface area (Å²) < 4.78 is 0.929. The first-order valence-corrected chi connectivity index (χ1v) is 6.53. The molecule has 0 saturated carbocycles. The first-order chi connectivity index (χ1) is 7.70. The predicted molar refractivity (Wildman–Crippen MR) is 69.4 cm³/mol. The molecule has 2 N–H and O–H groups in total. The maximum Gasteiger partial charge on any atom is 0.222 e. The van der Waals surface area contributed by atoms with Gasteiger partial charge in [0.1, 0.15) is 5.82 Å². The molecule has 1 saturated heterocycles. The van der Waals surface area contributed by atoms with Gasteiger partial charge in [-0.3, -0.25) is 0 Å². The third-order valence-corrected chi connectivity index (χ3v) is 3.59. The maximum atomic E-state index is 5.62. The van der Waals surface area contributed by atoms with Gasteiger partial charge in [0.05, 0.1) is 4.47 Å². The second-order valence-electron chi connectivity index (χ2n) is 4.29. The molecule has 1 aliphatic heterocycles. The Morgan fingerprint density at radius 1 is 1.62 bits per heavy atom. The number of nitrogen functional groups attached to an aromatic ring is 1. The third-order valence-electron chi connectivity index (χ3n) is 3.03. The second-order valence-corrected chi connectivity index (χ2v) is 5.14. The van der Waals surface area contributed by atoms with Crippen LogP contribution in [0.1, 0.15) is 26.2 Å². The van der Waals surface area contributed by atoms with E-state index in [0.717, 1.165) is 29.3 Å². The van der Waals surface area contributed by atoms with E-state index in [0.29, 0.717) is 5.95 Å². The first-order valence-electron chi connectivity index (χ1n) is 5.73. The molecule has 0 aromatic carbocycles. The van der Waals surface area contributed by atoms with Crippen LogP contribution < -0.4 is 10.6 Å². The van der Waals surface area contributed by atoms with Crippen LogP contribution in [0.3, 0.4) is 0 Å². The molecule has 2 rings (SSSR count). The van der Waals surface area contributed by atoms with Gasteiger partial charge in [0, 0.05) is 19.3 Å². The minimum absolute atomic E-state index is 0.345. The number of anilines is 2. The van der Waals surface area contributed by atoms with Gasteiger partial charge in [-0.25, -0.2) is 4.98 Å². The molecule has 88 valence electrons. The Hall–Kier alpha value is -0.840. The van der Waals surface area contributed by atoms with Crippen molar-refractivity contribution in [3.8, 4) is 0 Å². The van der Waals surface area contributed by atoms with E-state index in [1.54, 1.807) is 6.20 Å². The number of hydrogen-bond acceptors (Lipinski definition) is 4. The quantitative estimate of drug-likeness (QED) is 0.926. The number of nitrogens with two attached hydrogens (primary N) is 1. The standard InChI is InChI=1S/C11H17BrN4/c1-2-3-8-4-5-16(7-8)10-9(12)6-14-11(13)15-10/h6,8H,2-5,7H2,1H3,(H2,13,14,15). The van der Waals surface area contributed by atoms with E-state index in [2.05, 4.69) is 37.7 Å². The van der Waals surface area contributed by atoms with Crippen LogP contribution in [0.4, 0.5) is 11.8 Å². The van der Waals surface area contributed by atoms with Crippen molar-refractivity contribution in [3.63, 3.8) is 0 Å². The van der Waals surface area contributed by atoms with Gasteiger partial charge in [-0.1, -0.05) is 13.3 Å². The summed E-state index contributed by atoms with van der Waals surface area (Å²) in [7, 11) is 0. The fourth-order valence-corrected chi connectivity index (χ4v) is 2.70. The lowest BCUT2D eigenvalue weighted by molar-refractivity contribution is 0.529. The molecule has 1 unspecified atom stereocenters. The van der Waals surface area contributed by atoms with Crippen molar-refractivity contribution in [1.29, 1.82) is 0 Å². The molecule has 16 heavy (non-hydrogen) atoms. The average molecular weight is 285 g/mol. The molecular formula is C11H17BrN4. The SMILES string of the molecule is CCCC1CCN(c2nc(N)ncc2Br)C1. The Labute approximate surface area is 104 Å². The molecule has 1 aromatic rings. The summed E-state index contributed by atoms with van der Waals surface area (Å²) in [6.45, 7) is 4.39. The largest absolute Gasteiger partial charge is 0.368 e. The fraction of sp³-hybridized carbons (Fsp3) is 0.636. The molecule has 4 nitrogen and oxygen atoms in total. The molecule has 1 aliphatic rings. The summed E-state index contributed by atoms with van der Waals surface area (Å²) in [5.74, 6) is 2.08. The topological polar surface area (TPSA) is 55.0 Å². The van der Waals surface area contributed by atoms with Crippen LogP contribution in [-0.2, 0) is 0 Å². The smallest absolute Gasteiger partial charge is 0.222 e. The predicted octanol–water partition coefficient (Wildman–Crippen LogP) is 2.45. The maximum absolute atomic E-state index is 5.62. The molecular weight excluding hydrogens is 268 g/mol. The molecule has 0 aliphatic carbocycles. The Morgan fingerprint density at radius 2 is 2.44 bits per heavy atom. The van der Waals surface area contributed by atoms with E-state index in [9.17, 15) is 0 Å². The van der Waals surface area contributed by atoms with Gasteiger partial charge in [0.15, 0.2) is 0 Å². The van der Waals surface area contributed by atoms with Crippen LogP contribution in [0, 0.1) is 5.92 Å². The van der Waals surface area contributed by atoms with Crippen LogP contribution in [0.2, 0.25) is 0 Å². The number of hydrogen-bond donors (Lipinski definition) is 1. The normalized spacial score (nSPS) is 20.4. The molecule has 5 heteroatoms. The Morgan fingerprint density at radius 3 is 3.19 bits per heavy atom. The molecule has 0 bridgehead atoms. The summed E-state index contributed by atoms with van der Waals surface area (Å²) in [6, 6.07) is 0. The molecule has 2 heterocycles. The van der Waals surface area contributed by atoms with Crippen molar-refractivity contribution >= 4 is 27.7 Å². The summed E-state index contributed by atoms with van der Waals surface area (Å²) in [4.78, 5) is 10.5. The average Bonchev–Trinajstić information content (AvgIpc) is 2.71. The number of halogens is 1. The van der Waals surface area contributed by atoms with Gasteiger partial charge in [0.2, 0.25) is 5.95 Å². The van der Waals surface area contributed by atoms with Crippen molar-refractivity contribution in [3.05, 3.63) is 10.7 Å². The van der Waals surface area contributed by atoms with Gasteiger partial charge < -0.3 is 10.6 Å². The van der Waals surface area contributed by atoms with E-state index >= 15 is 0 Å². The summed E-state index contributed by atoms with van der Waals surface area (Å²) in [5, 5.41) is 0. The van der Waals surface area contributed by atoms with Crippen molar-refractivity contribution < 1.29 is 0 Å². The molecule has 1 aromatic heterocycles. The summed E-state index contributed by atoms with van der Waals surface area (Å²) in [5.41, 5.74) is 5.62. The lowest BCUT2D eigenvalue weighted by atomic mass is 10.0. The Balaban J connectivity index is 2.11. The first kappa shape index (κ1) is 11.6. The molecule has 1 fully saturated rings. The number of nitrogens with zero attached hydrogens (tertiary/aromatic N) is 3. The highest BCUT2D eigenvalue weighted by Crippen LogP contribution is 2.30. The Kier molecular flexibility index (Phi) is 3.63. The highest BCUT2D eigenvalue weighted by Gasteiger charge is 2.24. The van der Waals surface area contributed by atoms with Crippen molar-refractivity contribution in [2.24, 2.45) is 5.92 Å². The van der Waals surface area contributed by atoms with Crippen LogP contribution in [-0.4, -0.2) is 23.1 Å². The summed E-state index contributed by atoms with van der Waals surface area (Å²) >= 11 is 3.48. The number of aromatic nitrogens is 2. The van der Waals surface area contributed by atoms with Gasteiger partial charge in [-0.2, -0.15) is 4.98 Å². The van der Waals surface area contributed by atoms with E-state index < -0.39 is 0 Å². The molecule has 0 spiro atoms. The fourth-order valence-electron chi connectivity index (χ4n) is 2.26. The lowest BCUT2D eigenvalue weighted by Gasteiger charge is -2.18. The van der Waals surface area contributed by atoms with Crippen LogP contribution in [0.5, 0.6) is 0 Å². The Bertz CT molecular complexity index is 369. The van der Waals surface area contributed by atoms with E-state index in [1.165, 1.54) is 19.3 Å². The zero-order valence-electron chi connectivity index (χ0n) is 9.49. The zero-order valence-corrected chi connectivity index (χ0v) is 11.1. The monoisotopic (exact) mass is 284 g/mol. The zero-order chi connectivity index (χ0) is 11.5. The molecule has 1 atom stereocenters. The van der Waals surface area contributed by atoms with Crippen molar-refractivity contribution in [1.82, 2.24) is 9.97 Å². The van der Waals surface area contributed by atoms with Gasteiger partial charge in [0.25, 0.3) is 0 Å². The van der Waals surface area contributed by atoms with Crippen molar-refractivity contribution in [2.75, 3.05) is 23.7 Å². The van der Waals surface area contributed by atoms with Crippen LogP contribution >= 0.6 is 15.9 Å². The highest BCUT2D eigenvalue weighted by atomic mass is 79.9. The van der Waals surface area contributed by atoms with Crippen LogP contribution in [0.25, 0.3) is 0 Å². The minimum Gasteiger partial charge on any atom is -0.368 e. The minimum atomic E-state index is 0.345. The highest BCUT2D eigenvalue weighted by molar-refractivity contribution is 9.10. The van der Waals surface area contributed by atoms with Gasteiger partial charge in [-0.05, 0) is 34.7 Å². The molecule has 0 radical (unpaired) electrons. The molecule has 0 amide bonds. The second kappa shape index (κ2) is 4.99. The van der Waals surface area contributed by atoms with Gasteiger partial charge >= 0.3 is 0 Å². The van der Waals surface area contributed by atoms with Gasteiger partial charge in [-0.15, -0.1) is 0 Å². The van der Waals surface area contributed by atoms with Crippen LogP contribution in [0.15, 0.2) is 10.7 Å². The third kappa shape index (κ3) is 2.45. The number of rotatable bonds is 3. The summed E-state index contributed by atoms with van der Waals surface area (Å²) in [6.07, 6.45) is 5.54. The van der Waals surface area contributed by atoms with E-state index in [1.807, 2.05) is 0 Å². The van der Waals surface area contributed by atoms with E-state index in [-0.39, 0.29) is 0 Å².